The Balaban J connectivity index is 4.69. The number of carbonyl (C=O) groups is 4. The van der Waals surface area contributed by atoms with Crippen molar-refractivity contribution in [3.63, 3.8) is 0 Å². The molecule has 0 spiro atoms. The molecule has 0 heterocycles. The molecule has 0 fully saturated rings. The zero-order chi connectivity index (χ0) is 22.2. The summed E-state index contributed by atoms with van der Waals surface area (Å²) in [5, 5.41) is 25.2. The summed E-state index contributed by atoms with van der Waals surface area (Å²) in [5.74, 6) is -3.16. The van der Waals surface area contributed by atoms with Crippen LogP contribution in [0.2, 0.25) is 0 Å². The third-order valence-electron chi connectivity index (χ3n) is 4.12. The van der Waals surface area contributed by atoms with Gasteiger partial charge in [-0.1, -0.05) is 0 Å². The van der Waals surface area contributed by atoms with E-state index in [1.807, 2.05) is 0 Å². The van der Waals surface area contributed by atoms with E-state index in [0.29, 0.717) is 38.8 Å². The smallest absolute Gasteiger partial charge is 0.326 e. The molecule has 0 radical (unpaired) electrons. The first kappa shape index (κ1) is 26.7. The average Bonchev–Trinajstić information content (AvgIpc) is 2.69. The highest BCUT2D eigenvalue weighted by Gasteiger charge is 2.24. The van der Waals surface area contributed by atoms with Gasteiger partial charge in [-0.3, -0.25) is 14.4 Å². The molecule has 0 aliphatic carbocycles. The van der Waals surface area contributed by atoms with Gasteiger partial charge in [0.2, 0.25) is 17.7 Å². The molecule has 0 aliphatic rings. The van der Waals surface area contributed by atoms with Gasteiger partial charge < -0.3 is 43.4 Å². The number of nitrogens with one attached hydrogen (secondary N) is 3. The Labute approximate surface area is 169 Å². The summed E-state index contributed by atoms with van der Waals surface area (Å²) in [6.45, 7) is -0.184. The Morgan fingerprint density at radius 2 is 1.38 bits per heavy atom. The van der Waals surface area contributed by atoms with Crippen LogP contribution < -0.4 is 33.2 Å². The average molecular weight is 418 g/mol. The van der Waals surface area contributed by atoms with Gasteiger partial charge in [0.05, 0.1) is 13.2 Å². The topological polar surface area (TPSA) is 223 Å². The molecular weight excluding hydrogens is 384 g/mol. The highest BCUT2D eigenvalue weighted by Crippen LogP contribution is 2.02. The number of hydrogen-bond acceptors (Lipinski definition) is 8. The van der Waals surface area contributed by atoms with Gasteiger partial charge in [0.25, 0.3) is 0 Å². The van der Waals surface area contributed by atoms with Gasteiger partial charge in [-0.05, 0) is 51.6 Å². The fraction of sp³-hybridized carbons (Fsp3) is 0.765. The van der Waals surface area contributed by atoms with Crippen molar-refractivity contribution in [2.24, 2.45) is 17.2 Å². The fourth-order valence-corrected chi connectivity index (χ4v) is 2.41. The van der Waals surface area contributed by atoms with Crippen LogP contribution in [0.1, 0.15) is 38.5 Å². The summed E-state index contributed by atoms with van der Waals surface area (Å²) in [6.07, 6.45) is 2.86. The second-order valence-electron chi connectivity index (χ2n) is 6.60. The summed E-state index contributed by atoms with van der Waals surface area (Å²) >= 11 is 0. The van der Waals surface area contributed by atoms with E-state index in [1.165, 1.54) is 0 Å². The molecule has 12 heteroatoms. The van der Waals surface area contributed by atoms with Gasteiger partial charge >= 0.3 is 5.97 Å². The molecule has 0 aromatic heterocycles. The molecule has 0 aromatic carbocycles. The quantitative estimate of drug-likeness (QED) is 0.118. The first-order chi connectivity index (χ1) is 13.8. The lowest BCUT2D eigenvalue weighted by molar-refractivity contribution is -0.142. The number of aliphatic hydroxyl groups is 1. The van der Waals surface area contributed by atoms with Crippen molar-refractivity contribution in [2.45, 2.75) is 56.7 Å². The van der Waals surface area contributed by atoms with Crippen LogP contribution in [0.15, 0.2) is 0 Å². The minimum Gasteiger partial charge on any atom is -0.480 e. The predicted molar refractivity (Wildman–Crippen MR) is 105 cm³/mol. The standard InChI is InChI=1S/C17H34N6O6/c18-7-3-1-5-12(23-15(26)11(20)10-24)16(27)21-9-14(25)22-13(17(28)29)6-2-4-8-19/h11-13,24H,1-10,18-20H2,(H,21,27)(H,22,25)(H,23,26)(H,28,29)/t11-,12-,13-/m0/s1. The highest BCUT2D eigenvalue weighted by molar-refractivity contribution is 5.92. The monoisotopic (exact) mass is 418 g/mol. The van der Waals surface area contributed by atoms with Crippen molar-refractivity contribution in [1.82, 2.24) is 16.0 Å². The van der Waals surface area contributed by atoms with E-state index in [9.17, 15) is 19.2 Å². The van der Waals surface area contributed by atoms with Crippen LogP contribution in [-0.4, -0.2) is 78.3 Å². The van der Waals surface area contributed by atoms with Crippen molar-refractivity contribution in [3.05, 3.63) is 0 Å². The Morgan fingerprint density at radius 3 is 1.86 bits per heavy atom. The number of aliphatic carboxylic acids is 1. The summed E-state index contributed by atoms with van der Waals surface area (Å²) in [4.78, 5) is 47.4. The van der Waals surface area contributed by atoms with Gasteiger partial charge in [-0.15, -0.1) is 0 Å². The largest absolute Gasteiger partial charge is 0.480 e. The van der Waals surface area contributed by atoms with Crippen molar-refractivity contribution >= 4 is 23.7 Å². The lowest BCUT2D eigenvalue weighted by Crippen LogP contribution is -2.54. The fourth-order valence-electron chi connectivity index (χ4n) is 2.41. The molecule has 11 N–H and O–H groups in total. The third-order valence-corrected chi connectivity index (χ3v) is 4.12. The third kappa shape index (κ3) is 12.0. The minimum absolute atomic E-state index is 0.225. The molecule has 3 atom stereocenters. The molecule has 12 nitrogen and oxygen atoms in total. The second-order valence-corrected chi connectivity index (χ2v) is 6.60. The Morgan fingerprint density at radius 1 is 0.828 bits per heavy atom. The van der Waals surface area contributed by atoms with Crippen LogP contribution in [0.5, 0.6) is 0 Å². The van der Waals surface area contributed by atoms with E-state index >= 15 is 0 Å². The SMILES string of the molecule is NCCCC[C@H](NC(=O)CNC(=O)[C@H](CCCCN)NC(=O)[C@@H](N)CO)C(=O)O. The number of nitrogens with two attached hydrogens (primary N) is 3. The van der Waals surface area contributed by atoms with Crippen molar-refractivity contribution < 1.29 is 29.4 Å². The van der Waals surface area contributed by atoms with Crippen molar-refractivity contribution in [1.29, 1.82) is 0 Å². The van der Waals surface area contributed by atoms with Crippen molar-refractivity contribution in [2.75, 3.05) is 26.2 Å². The predicted octanol–water partition coefficient (Wildman–Crippen LogP) is -3.27. The number of aliphatic hydroxyl groups excluding tert-OH is 1. The summed E-state index contributed by atoms with van der Waals surface area (Å²) < 4.78 is 0. The summed E-state index contributed by atoms with van der Waals surface area (Å²) in [7, 11) is 0. The zero-order valence-corrected chi connectivity index (χ0v) is 16.6. The minimum atomic E-state index is -1.17. The second kappa shape index (κ2) is 15.6. The maximum absolute atomic E-state index is 12.3. The van der Waals surface area contributed by atoms with Crippen LogP contribution in [0.3, 0.4) is 0 Å². The summed E-state index contributed by atoms with van der Waals surface area (Å²) in [5.41, 5.74) is 16.2. The maximum atomic E-state index is 12.3. The molecule has 0 unspecified atom stereocenters. The van der Waals surface area contributed by atoms with Gasteiger partial charge in [-0.25, -0.2) is 4.79 Å². The zero-order valence-electron chi connectivity index (χ0n) is 16.6. The number of hydrogen-bond donors (Lipinski definition) is 8. The lowest BCUT2D eigenvalue weighted by atomic mass is 10.1. The van der Waals surface area contributed by atoms with E-state index < -0.39 is 55.0 Å². The lowest BCUT2D eigenvalue weighted by Gasteiger charge is -2.20. The molecular formula is C17H34N6O6. The number of unbranched alkanes of at least 4 members (excludes halogenated alkanes) is 2. The van der Waals surface area contributed by atoms with Crippen LogP contribution in [0.4, 0.5) is 0 Å². The molecule has 0 aliphatic heterocycles. The maximum Gasteiger partial charge on any atom is 0.326 e. The molecule has 0 saturated carbocycles. The van der Waals surface area contributed by atoms with Gasteiger partial charge in [-0.2, -0.15) is 0 Å². The molecule has 0 aromatic rings. The molecule has 0 bridgehead atoms. The number of carboxylic acids is 1. The van der Waals surface area contributed by atoms with Crippen molar-refractivity contribution in [3.8, 4) is 0 Å². The van der Waals surface area contributed by atoms with Gasteiger partial charge in [0, 0.05) is 0 Å². The Bertz CT molecular complexity index is 533. The number of amides is 3. The number of carboxylic acid groups (broad SMARTS) is 1. The Kier molecular flexibility index (Phi) is 14.4. The Hall–Kier alpha value is -2.28. The van der Waals surface area contributed by atoms with Gasteiger partial charge in [0.15, 0.2) is 0 Å². The molecule has 0 saturated heterocycles. The van der Waals surface area contributed by atoms with E-state index in [0.717, 1.165) is 0 Å². The highest BCUT2D eigenvalue weighted by atomic mass is 16.4. The van der Waals surface area contributed by atoms with E-state index in [-0.39, 0.29) is 12.8 Å². The van der Waals surface area contributed by atoms with Crippen LogP contribution in [-0.2, 0) is 19.2 Å². The van der Waals surface area contributed by atoms with Crippen LogP contribution in [0, 0.1) is 0 Å². The van der Waals surface area contributed by atoms with E-state index in [4.69, 9.17) is 27.4 Å². The van der Waals surface area contributed by atoms with E-state index in [2.05, 4.69) is 16.0 Å². The molecule has 168 valence electrons. The van der Waals surface area contributed by atoms with Crippen LogP contribution in [0.25, 0.3) is 0 Å². The number of carbonyl (C=O) groups excluding carboxylic acids is 3. The first-order valence-corrected chi connectivity index (χ1v) is 9.63. The summed E-state index contributed by atoms with van der Waals surface area (Å²) in [6, 6.07) is -3.21. The molecule has 0 rings (SSSR count). The van der Waals surface area contributed by atoms with Gasteiger partial charge in [0.1, 0.15) is 18.1 Å². The molecule has 29 heavy (non-hydrogen) atoms. The van der Waals surface area contributed by atoms with Crippen LogP contribution >= 0.6 is 0 Å². The molecule has 3 amide bonds. The van der Waals surface area contributed by atoms with E-state index in [1.54, 1.807) is 0 Å². The first-order valence-electron chi connectivity index (χ1n) is 9.63. The number of rotatable bonds is 16. The normalized spacial score (nSPS) is 13.8.